The molecule has 0 radical (unpaired) electrons. The van der Waals surface area contributed by atoms with Crippen LogP contribution in [0.15, 0.2) is 47.4 Å². The van der Waals surface area contributed by atoms with Gasteiger partial charge in [-0.2, -0.15) is 0 Å². The smallest absolute Gasteiger partial charge is 0.123 e. The van der Waals surface area contributed by atoms with Crippen molar-refractivity contribution >= 4 is 23.4 Å². The van der Waals surface area contributed by atoms with E-state index >= 15 is 0 Å². The minimum atomic E-state index is 0.438. The molecule has 1 aliphatic heterocycles. The van der Waals surface area contributed by atoms with E-state index in [9.17, 15) is 0 Å². The Bertz CT molecular complexity index is 592. The molecular weight excluding hydrogens is 290 g/mol. The molecule has 20 heavy (non-hydrogen) atoms. The van der Waals surface area contributed by atoms with Crippen LogP contribution in [0.4, 0.5) is 0 Å². The lowest BCUT2D eigenvalue weighted by atomic mass is 10.1. The normalized spacial score (nSPS) is 17.0. The van der Waals surface area contributed by atoms with Gasteiger partial charge in [0.05, 0.1) is 0 Å². The van der Waals surface area contributed by atoms with E-state index < -0.39 is 0 Å². The van der Waals surface area contributed by atoms with E-state index in [4.69, 9.17) is 22.1 Å². The van der Waals surface area contributed by atoms with Gasteiger partial charge in [-0.25, -0.2) is 0 Å². The molecule has 0 bridgehead atoms. The molecule has 1 heterocycles. The summed E-state index contributed by atoms with van der Waals surface area (Å²) < 4.78 is 5.94. The fraction of sp³-hybridized carbons (Fsp3) is 0.250. The highest BCUT2D eigenvalue weighted by Gasteiger charge is 2.22. The van der Waals surface area contributed by atoms with Crippen molar-refractivity contribution in [3.05, 3.63) is 58.6 Å². The largest absolute Gasteiger partial charge is 0.492 e. The summed E-state index contributed by atoms with van der Waals surface area (Å²) in [5, 5.41) is 1.16. The van der Waals surface area contributed by atoms with Crippen LogP contribution in [0.5, 0.6) is 5.75 Å². The molecule has 3 rings (SSSR count). The molecule has 0 amide bonds. The van der Waals surface area contributed by atoms with Crippen LogP contribution in [0.2, 0.25) is 5.02 Å². The first-order valence-electron chi connectivity index (χ1n) is 6.62. The second kappa shape index (κ2) is 6.08. The predicted octanol–water partition coefficient (Wildman–Crippen LogP) is 3.89. The van der Waals surface area contributed by atoms with Crippen LogP contribution in [0.1, 0.15) is 11.1 Å². The summed E-state index contributed by atoms with van der Waals surface area (Å²) in [6.07, 6.45) is 1.06. The first kappa shape index (κ1) is 13.8. The van der Waals surface area contributed by atoms with Crippen molar-refractivity contribution in [2.75, 3.05) is 6.61 Å². The molecule has 0 saturated carbocycles. The van der Waals surface area contributed by atoms with Crippen LogP contribution in [0, 0.1) is 0 Å². The van der Waals surface area contributed by atoms with E-state index in [1.807, 2.05) is 30.0 Å². The number of benzene rings is 2. The summed E-state index contributed by atoms with van der Waals surface area (Å²) in [7, 11) is 0. The second-order valence-electron chi connectivity index (χ2n) is 4.82. The van der Waals surface area contributed by atoms with E-state index in [0.717, 1.165) is 17.7 Å². The minimum Gasteiger partial charge on any atom is -0.492 e. The lowest BCUT2D eigenvalue weighted by Gasteiger charge is -2.14. The van der Waals surface area contributed by atoms with Crippen molar-refractivity contribution < 1.29 is 4.74 Å². The molecule has 1 unspecified atom stereocenters. The Balaban J connectivity index is 1.64. The van der Waals surface area contributed by atoms with Crippen LogP contribution >= 0.6 is 23.4 Å². The Morgan fingerprint density at radius 2 is 2.10 bits per heavy atom. The van der Waals surface area contributed by atoms with Gasteiger partial charge in [0.15, 0.2) is 0 Å². The Morgan fingerprint density at radius 1 is 1.25 bits per heavy atom. The van der Waals surface area contributed by atoms with Gasteiger partial charge >= 0.3 is 0 Å². The van der Waals surface area contributed by atoms with Crippen LogP contribution in [0.25, 0.3) is 0 Å². The fourth-order valence-corrected chi connectivity index (χ4v) is 3.79. The molecule has 2 aromatic carbocycles. The van der Waals surface area contributed by atoms with Gasteiger partial charge < -0.3 is 10.5 Å². The number of hydrogen-bond donors (Lipinski definition) is 1. The maximum absolute atomic E-state index is 5.97. The molecule has 0 spiro atoms. The topological polar surface area (TPSA) is 35.2 Å². The highest BCUT2D eigenvalue weighted by molar-refractivity contribution is 8.00. The summed E-state index contributed by atoms with van der Waals surface area (Å²) in [6.45, 7) is 1.13. The monoisotopic (exact) mass is 305 g/mol. The highest BCUT2D eigenvalue weighted by Crippen LogP contribution is 2.37. The number of nitrogens with two attached hydrogens (primary N) is 1. The van der Waals surface area contributed by atoms with Crippen LogP contribution in [-0.2, 0) is 13.0 Å². The zero-order valence-electron chi connectivity index (χ0n) is 11.0. The molecule has 0 aromatic heterocycles. The van der Waals surface area contributed by atoms with Gasteiger partial charge in [-0.3, -0.25) is 0 Å². The molecule has 1 aliphatic rings. The van der Waals surface area contributed by atoms with Gasteiger partial charge in [-0.15, -0.1) is 11.8 Å². The van der Waals surface area contributed by atoms with Crippen molar-refractivity contribution in [3.8, 4) is 5.75 Å². The summed E-state index contributed by atoms with van der Waals surface area (Å²) in [4.78, 5) is 1.37. The SMILES string of the molecule is NCc1cc(Cl)ccc1OCC1Cc2ccccc2S1. The fourth-order valence-electron chi connectivity index (χ4n) is 2.38. The number of ether oxygens (including phenoxy) is 1. The van der Waals surface area contributed by atoms with Crippen LogP contribution in [0.3, 0.4) is 0 Å². The first-order chi connectivity index (χ1) is 9.76. The molecule has 0 fully saturated rings. The van der Waals surface area contributed by atoms with Crippen molar-refractivity contribution in [2.24, 2.45) is 5.73 Å². The third-order valence-electron chi connectivity index (χ3n) is 3.38. The van der Waals surface area contributed by atoms with Crippen LogP contribution in [-0.4, -0.2) is 11.9 Å². The lowest BCUT2D eigenvalue weighted by Crippen LogP contribution is -2.14. The third-order valence-corrected chi connectivity index (χ3v) is 4.90. The van der Waals surface area contributed by atoms with Gasteiger partial charge in [-0.1, -0.05) is 29.8 Å². The highest BCUT2D eigenvalue weighted by atomic mass is 35.5. The molecule has 104 valence electrons. The van der Waals surface area contributed by atoms with Gasteiger partial charge in [-0.05, 0) is 36.2 Å². The van der Waals surface area contributed by atoms with Crippen molar-refractivity contribution in [2.45, 2.75) is 23.1 Å². The number of thioether (sulfide) groups is 1. The molecule has 2 N–H and O–H groups in total. The minimum absolute atomic E-state index is 0.438. The number of fused-ring (bicyclic) bond motifs is 1. The standard InChI is InChI=1S/C16H16ClNOS/c17-13-5-6-15(12(7-13)9-18)19-10-14-8-11-3-1-2-4-16(11)20-14/h1-7,14H,8-10,18H2. The van der Waals surface area contributed by atoms with E-state index in [1.54, 1.807) is 0 Å². The summed E-state index contributed by atoms with van der Waals surface area (Å²) in [6, 6.07) is 14.1. The Morgan fingerprint density at radius 3 is 2.90 bits per heavy atom. The second-order valence-corrected chi connectivity index (χ2v) is 6.60. The zero-order valence-corrected chi connectivity index (χ0v) is 12.6. The molecule has 2 aromatic rings. The Kier molecular flexibility index (Phi) is 4.20. The van der Waals surface area contributed by atoms with Crippen LogP contribution < -0.4 is 10.5 Å². The van der Waals surface area contributed by atoms with E-state index in [2.05, 4.69) is 24.3 Å². The zero-order chi connectivity index (χ0) is 13.9. The average Bonchev–Trinajstić information content (AvgIpc) is 2.88. The van der Waals surface area contributed by atoms with E-state index in [-0.39, 0.29) is 0 Å². The third kappa shape index (κ3) is 2.95. The van der Waals surface area contributed by atoms with E-state index in [0.29, 0.717) is 23.4 Å². The maximum Gasteiger partial charge on any atom is 0.123 e. The maximum atomic E-state index is 5.97. The number of hydrogen-bond acceptors (Lipinski definition) is 3. The van der Waals surface area contributed by atoms with E-state index in [1.165, 1.54) is 10.5 Å². The van der Waals surface area contributed by atoms with Crippen molar-refractivity contribution in [1.82, 2.24) is 0 Å². The first-order valence-corrected chi connectivity index (χ1v) is 7.88. The quantitative estimate of drug-likeness (QED) is 0.930. The van der Waals surface area contributed by atoms with Gasteiger partial charge in [0.1, 0.15) is 12.4 Å². The van der Waals surface area contributed by atoms with Crippen molar-refractivity contribution in [1.29, 1.82) is 0 Å². The average molecular weight is 306 g/mol. The van der Waals surface area contributed by atoms with Gasteiger partial charge in [0.25, 0.3) is 0 Å². The summed E-state index contributed by atoms with van der Waals surface area (Å²) in [5.74, 6) is 0.841. The summed E-state index contributed by atoms with van der Waals surface area (Å²) in [5.41, 5.74) is 8.10. The molecule has 2 nitrogen and oxygen atoms in total. The Labute approximate surface area is 128 Å². The lowest BCUT2D eigenvalue weighted by molar-refractivity contribution is 0.314. The number of rotatable bonds is 4. The predicted molar refractivity (Wildman–Crippen MR) is 84.6 cm³/mol. The molecule has 1 atom stereocenters. The van der Waals surface area contributed by atoms with Crippen molar-refractivity contribution in [3.63, 3.8) is 0 Å². The van der Waals surface area contributed by atoms with Gasteiger partial charge in [0.2, 0.25) is 0 Å². The molecule has 4 heteroatoms. The molecular formula is C16H16ClNOS. The summed E-state index contributed by atoms with van der Waals surface area (Å²) >= 11 is 7.86. The molecule has 0 saturated heterocycles. The Hall–Kier alpha value is -1.16. The van der Waals surface area contributed by atoms with Gasteiger partial charge in [0, 0.05) is 27.3 Å². The number of halogens is 1. The molecule has 0 aliphatic carbocycles.